The van der Waals surface area contributed by atoms with E-state index in [2.05, 4.69) is 5.32 Å². The first-order valence-electron chi connectivity index (χ1n) is 5.92. The predicted molar refractivity (Wildman–Crippen MR) is 65.4 cm³/mol. The van der Waals surface area contributed by atoms with Gasteiger partial charge in [0.15, 0.2) is 0 Å². The molecule has 1 saturated heterocycles. The normalized spacial score (nSPS) is 16.8. The first-order valence-corrected chi connectivity index (χ1v) is 5.92. The number of hydrogen-bond donors (Lipinski definition) is 1. The number of rotatable bonds is 2. The molecule has 1 fully saturated rings. The summed E-state index contributed by atoms with van der Waals surface area (Å²) in [6.07, 6.45) is 1.76. The Morgan fingerprint density at radius 3 is 2.47 bits per heavy atom. The van der Waals surface area contributed by atoms with E-state index in [0.29, 0.717) is 0 Å². The summed E-state index contributed by atoms with van der Waals surface area (Å²) in [6.45, 7) is 1.79. The molecular formula is C13H17FN2O. The molecule has 1 N–H and O–H groups in total. The highest BCUT2D eigenvalue weighted by molar-refractivity contribution is 5.94. The highest BCUT2D eigenvalue weighted by atomic mass is 19.1. The van der Waals surface area contributed by atoms with Crippen LogP contribution in [-0.2, 0) is 4.79 Å². The Hall–Kier alpha value is -1.42. The number of nitrogens with one attached hydrogen (secondary N) is 1. The molecule has 0 unspecified atom stereocenters. The average Bonchev–Trinajstić information content (AvgIpc) is 2.39. The first-order chi connectivity index (χ1) is 8.18. The van der Waals surface area contributed by atoms with E-state index in [0.717, 1.165) is 31.6 Å². The van der Waals surface area contributed by atoms with Crippen LogP contribution in [0.1, 0.15) is 12.8 Å². The molecule has 4 heteroatoms. The molecule has 2 rings (SSSR count). The number of hydrogen-bond acceptors (Lipinski definition) is 2. The third-order valence-electron chi connectivity index (χ3n) is 3.23. The molecule has 1 heterocycles. The fourth-order valence-electron chi connectivity index (χ4n) is 2.13. The van der Waals surface area contributed by atoms with Crippen LogP contribution in [0.5, 0.6) is 0 Å². The van der Waals surface area contributed by atoms with Crippen LogP contribution in [0.15, 0.2) is 24.3 Å². The SMILES string of the molecule is CN(C(=O)C1CCNCC1)c1ccc(F)cc1. The number of amides is 1. The van der Waals surface area contributed by atoms with Crippen LogP contribution in [0.4, 0.5) is 10.1 Å². The maximum Gasteiger partial charge on any atom is 0.229 e. The van der Waals surface area contributed by atoms with Crippen molar-refractivity contribution in [3.8, 4) is 0 Å². The molecule has 0 aliphatic carbocycles. The summed E-state index contributed by atoms with van der Waals surface area (Å²) in [4.78, 5) is 13.8. The molecule has 0 aromatic heterocycles. The van der Waals surface area contributed by atoms with Crippen LogP contribution in [0, 0.1) is 11.7 Å². The largest absolute Gasteiger partial charge is 0.317 e. The van der Waals surface area contributed by atoms with Gasteiger partial charge in [-0.3, -0.25) is 4.79 Å². The summed E-state index contributed by atoms with van der Waals surface area (Å²) >= 11 is 0. The number of carbonyl (C=O) groups is 1. The van der Waals surface area contributed by atoms with Gasteiger partial charge < -0.3 is 10.2 Å². The van der Waals surface area contributed by atoms with Crippen molar-refractivity contribution in [3.05, 3.63) is 30.1 Å². The Kier molecular flexibility index (Phi) is 3.74. The van der Waals surface area contributed by atoms with Gasteiger partial charge in [-0.15, -0.1) is 0 Å². The van der Waals surface area contributed by atoms with Crippen LogP contribution in [-0.4, -0.2) is 26.0 Å². The van der Waals surface area contributed by atoms with E-state index in [-0.39, 0.29) is 17.6 Å². The molecule has 1 aliphatic heterocycles. The summed E-state index contributed by atoms with van der Waals surface area (Å²) in [5.74, 6) is -0.0686. The number of anilines is 1. The van der Waals surface area contributed by atoms with E-state index in [4.69, 9.17) is 0 Å². The van der Waals surface area contributed by atoms with E-state index < -0.39 is 0 Å². The number of benzene rings is 1. The van der Waals surface area contributed by atoms with Crippen molar-refractivity contribution in [2.24, 2.45) is 5.92 Å². The van der Waals surface area contributed by atoms with Gasteiger partial charge >= 0.3 is 0 Å². The quantitative estimate of drug-likeness (QED) is 0.849. The van der Waals surface area contributed by atoms with Gasteiger partial charge in [0.25, 0.3) is 0 Å². The summed E-state index contributed by atoms with van der Waals surface area (Å²) < 4.78 is 12.8. The van der Waals surface area contributed by atoms with Crippen molar-refractivity contribution in [1.82, 2.24) is 5.32 Å². The highest BCUT2D eigenvalue weighted by Gasteiger charge is 2.24. The second kappa shape index (κ2) is 5.27. The third kappa shape index (κ3) is 2.82. The lowest BCUT2D eigenvalue weighted by Crippen LogP contribution is -2.39. The van der Waals surface area contributed by atoms with Gasteiger partial charge in [-0.2, -0.15) is 0 Å². The van der Waals surface area contributed by atoms with Gasteiger partial charge in [0.2, 0.25) is 5.91 Å². The van der Waals surface area contributed by atoms with Crippen molar-refractivity contribution in [2.75, 3.05) is 25.0 Å². The summed E-state index contributed by atoms with van der Waals surface area (Å²) in [5.41, 5.74) is 0.745. The molecule has 0 saturated carbocycles. The molecule has 3 nitrogen and oxygen atoms in total. The van der Waals surface area contributed by atoms with Crippen LogP contribution in [0.25, 0.3) is 0 Å². The molecule has 1 amide bonds. The molecule has 1 aromatic rings. The van der Waals surface area contributed by atoms with Crippen LogP contribution < -0.4 is 10.2 Å². The Morgan fingerprint density at radius 1 is 1.29 bits per heavy atom. The van der Waals surface area contributed by atoms with Gasteiger partial charge in [0.1, 0.15) is 5.82 Å². The molecule has 0 atom stereocenters. The van der Waals surface area contributed by atoms with Gasteiger partial charge in [-0.05, 0) is 50.2 Å². The van der Waals surface area contributed by atoms with Crippen molar-refractivity contribution < 1.29 is 9.18 Å². The average molecular weight is 236 g/mol. The van der Waals surface area contributed by atoms with E-state index in [1.165, 1.54) is 12.1 Å². The van der Waals surface area contributed by atoms with Crippen molar-refractivity contribution in [2.45, 2.75) is 12.8 Å². The standard InChI is InChI=1S/C13H17FN2O/c1-16(12-4-2-11(14)3-5-12)13(17)10-6-8-15-9-7-10/h2-5,10,15H,6-9H2,1H3. The Morgan fingerprint density at radius 2 is 1.88 bits per heavy atom. The summed E-state index contributed by atoms with van der Waals surface area (Å²) in [6, 6.07) is 6.02. The van der Waals surface area contributed by atoms with Gasteiger partial charge in [0, 0.05) is 18.7 Å². The lowest BCUT2D eigenvalue weighted by Gasteiger charge is -2.27. The van der Waals surface area contributed by atoms with E-state index >= 15 is 0 Å². The zero-order chi connectivity index (χ0) is 12.3. The minimum absolute atomic E-state index is 0.0892. The molecule has 0 radical (unpaired) electrons. The zero-order valence-electron chi connectivity index (χ0n) is 9.95. The van der Waals surface area contributed by atoms with E-state index in [1.807, 2.05) is 0 Å². The summed E-state index contributed by atoms with van der Waals surface area (Å²) in [5, 5.41) is 3.24. The smallest absolute Gasteiger partial charge is 0.229 e. The number of carbonyl (C=O) groups excluding carboxylic acids is 1. The van der Waals surface area contributed by atoms with Gasteiger partial charge in [-0.25, -0.2) is 4.39 Å². The van der Waals surface area contributed by atoms with Crippen molar-refractivity contribution >= 4 is 11.6 Å². The molecule has 17 heavy (non-hydrogen) atoms. The van der Waals surface area contributed by atoms with Gasteiger partial charge in [0.05, 0.1) is 0 Å². The Labute approximate surface area is 101 Å². The lowest BCUT2D eigenvalue weighted by atomic mass is 9.96. The second-order valence-electron chi connectivity index (χ2n) is 4.40. The molecular weight excluding hydrogens is 219 g/mol. The molecule has 0 bridgehead atoms. The van der Waals surface area contributed by atoms with Gasteiger partial charge in [-0.1, -0.05) is 0 Å². The monoisotopic (exact) mass is 236 g/mol. The topological polar surface area (TPSA) is 32.3 Å². The van der Waals surface area contributed by atoms with Crippen molar-refractivity contribution in [3.63, 3.8) is 0 Å². The zero-order valence-corrected chi connectivity index (χ0v) is 9.95. The van der Waals surface area contributed by atoms with E-state index in [9.17, 15) is 9.18 Å². The van der Waals surface area contributed by atoms with Crippen LogP contribution in [0.2, 0.25) is 0 Å². The fourth-order valence-corrected chi connectivity index (χ4v) is 2.13. The third-order valence-corrected chi connectivity index (χ3v) is 3.23. The molecule has 0 spiro atoms. The molecule has 1 aromatic carbocycles. The Balaban J connectivity index is 2.05. The minimum Gasteiger partial charge on any atom is -0.317 e. The highest BCUT2D eigenvalue weighted by Crippen LogP contribution is 2.20. The van der Waals surface area contributed by atoms with Crippen LogP contribution in [0.3, 0.4) is 0 Å². The summed E-state index contributed by atoms with van der Waals surface area (Å²) in [7, 11) is 1.75. The molecule has 92 valence electrons. The maximum atomic E-state index is 12.8. The minimum atomic E-state index is -0.281. The van der Waals surface area contributed by atoms with Crippen molar-refractivity contribution in [1.29, 1.82) is 0 Å². The second-order valence-corrected chi connectivity index (χ2v) is 4.40. The maximum absolute atomic E-state index is 12.8. The Bertz CT molecular complexity index is 385. The predicted octanol–water partition coefficient (Wildman–Crippen LogP) is 1.79. The van der Waals surface area contributed by atoms with Crippen LogP contribution >= 0.6 is 0 Å². The number of halogens is 1. The number of nitrogens with zero attached hydrogens (tertiary/aromatic N) is 1. The number of piperidine rings is 1. The fraction of sp³-hybridized carbons (Fsp3) is 0.462. The molecule has 1 aliphatic rings. The van der Waals surface area contributed by atoms with E-state index in [1.54, 1.807) is 24.1 Å². The lowest BCUT2D eigenvalue weighted by molar-refractivity contribution is -0.122. The first kappa shape index (κ1) is 12.0.